The van der Waals surface area contributed by atoms with E-state index < -0.39 is 0 Å². The number of hydrogen-bond acceptors (Lipinski definition) is 4. The number of nitrogens with zero attached hydrogens (tertiary/aromatic N) is 2. The fourth-order valence-corrected chi connectivity index (χ4v) is 1.03. The second-order valence-electron chi connectivity index (χ2n) is 3.08. The van der Waals surface area contributed by atoms with E-state index in [9.17, 15) is 4.79 Å². The number of rotatable bonds is 4. The molecule has 1 amide bonds. The number of nitrogens with one attached hydrogen (secondary N) is 2. The summed E-state index contributed by atoms with van der Waals surface area (Å²) < 4.78 is 0. The molecule has 1 heterocycles. The molecule has 1 aromatic heterocycles. The Morgan fingerprint density at radius 2 is 2.14 bits per heavy atom. The highest BCUT2D eigenvalue weighted by Gasteiger charge is 2.11. The van der Waals surface area contributed by atoms with E-state index in [1.54, 1.807) is 12.4 Å². The second-order valence-corrected chi connectivity index (χ2v) is 3.08. The molecule has 0 aliphatic rings. The molecule has 0 saturated carbocycles. The smallest absolute Gasteiger partial charge is 0.228 e. The van der Waals surface area contributed by atoms with E-state index >= 15 is 0 Å². The van der Waals surface area contributed by atoms with Crippen molar-refractivity contribution in [1.82, 2.24) is 15.3 Å². The monoisotopic (exact) mass is 194 g/mol. The van der Waals surface area contributed by atoms with Gasteiger partial charge < -0.3 is 10.6 Å². The van der Waals surface area contributed by atoms with Crippen molar-refractivity contribution >= 4 is 11.6 Å². The second kappa shape index (κ2) is 5.29. The summed E-state index contributed by atoms with van der Waals surface area (Å²) in [4.78, 5) is 19.1. The van der Waals surface area contributed by atoms with Crippen LogP contribution in [-0.2, 0) is 4.79 Å². The zero-order valence-electron chi connectivity index (χ0n) is 8.32. The van der Waals surface area contributed by atoms with E-state index in [2.05, 4.69) is 20.6 Å². The van der Waals surface area contributed by atoms with Crippen molar-refractivity contribution in [2.45, 2.75) is 6.92 Å². The maximum atomic E-state index is 11.5. The molecular weight excluding hydrogens is 180 g/mol. The summed E-state index contributed by atoms with van der Waals surface area (Å²) in [6, 6.07) is 0. The van der Waals surface area contributed by atoms with Gasteiger partial charge in [0.1, 0.15) is 6.33 Å². The number of carbonyl (C=O) groups excluding carboxylic acids is 1. The van der Waals surface area contributed by atoms with Crippen LogP contribution in [0.25, 0.3) is 0 Å². The molecule has 0 radical (unpaired) electrons. The highest BCUT2D eigenvalue weighted by Crippen LogP contribution is 2.03. The van der Waals surface area contributed by atoms with Gasteiger partial charge in [-0.25, -0.2) is 9.97 Å². The van der Waals surface area contributed by atoms with Gasteiger partial charge in [0.2, 0.25) is 5.91 Å². The van der Waals surface area contributed by atoms with Gasteiger partial charge in [-0.15, -0.1) is 0 Å². The van der Waals surface area contributed by atoms with Gasteiger partial charge in [0.15, 0.2) is 0 Å². The molecule has 0 bridgehead atoms. The molecule has 5 nitrogen and oxygen atoms in total. The largest absolute Gasteiger partial charge is 0.323 e. The van der Waals surface area contributed by atoms with Gasteiger partial charge in [-0.1, -0.05) is 6.92 Å². The van der Waals surface area contributed by atoms with Crippen LogP contribution in [0.15, 0.2) is 18.7 Å². The Labute approximate surface area is 83.0 Å². The Hall–Kier alpha value is -1.49. The first-order valence-corrected chi connectivity index (χ1v) is 4.44. The van der Waals surface area contributed by atoms with Gasteiger partial charge in [-0.2, -0.15) is 0 Å². The van der Waals surface area contributed by atoms with Crippen molar-refractivity contribution in [1.29, 1.82) is 0 Å². The van der Waals surface area contributed by atoms with E-state index in [0.717, 1.165) is 0 Å². The normalized spacial score (nSPS) is 12.1. The van der Waals surface area contributed by atoms with Crippen LogP contribution in [0.2, 0.25) is 0 Å². The van der Waals surface area contributed by atoms with Gasteiger partial charge >= 0.3 is 0 Å². The molecule has 0 spiro atoms. The number of aromatic nitrogens is 2. The van der Waals surface area contributed by atoms with Gasteiger partial charge in [0.05, 0.1) is 18.1 Å². The van der Waals surface area contributed by atoms with Crippen molar-refractivity contribution in [3.8, 4) is 0 Å². The van der Waals surface area contributed by atoms with Gasteiger partial charge in [0, 0.05) is 12.5 Å². The molecule has 2 N–H and O–H groups in total. The van der Waals surface area contributed by atoms with Gasteiger partial charge in [-0.05, 0) is 7.05 Å². The lowest BCUT2D eigenvalue weighted by Gasteiger charge is -2.10. The van der Waals surface area contributed by atoms with Crippen LogP contribution in [0.3, 0.4) is 0 Å². The Bertz CT molecular complexity index is 288. The van der Waals surface area contributed by atoms with Crippen LogP contribution in [0.5, 0.6) is 0 Å². The lowest BCUT2D eigenvalue weighted by molar-refractivity contribution is -0.119. The molecule has 0 aliphatic carbocycles. The summed E-state index contributed by atoms with van der Waals surface area (Å²) in [7, 11) is 1.81. The zero-order chi connectivity index (χ0) is 10.4. The summed E-state index contributed by atoms with van der Waals surface area (Å²) in [5.41, 5.74) is 0.625. The topological polar surface area (TPSA) is 66.9 Å². The first-order valence-electron chi connectivity index (χ1n) is 4.44. The van der Waals surface area contributed by atoms with Crippen LogP contribution >= 0.6 is 0 Å². The van der Waals surface area contributed by atoms with Crippen molar-refractivity contribution in [2.24, 2.45) is 5.92 Å². The summed E-state index contributed by atoms with van der Waals surface area (Å²) in [6.45, 7) is 2.51. The summed E-state index contributed by atoms with van der Waals surface area (Å²) in [5, 5.41) is 5.66. The van der Waals surface area contributed by atoms with Crippen LogP contribution in [-0.4, -0.2) is 29.5 Å². The van der Waals surface area contributed by atoms with E-state index in [0.29, 0.717) is 12.2 Å². The van der Waals surface area contributed by atoms with E-state index in [1.807, 2.05) is 14.0 Å². The van der Waals surface area contributed by atoms with Crippen molar-refractivity contribution in [3.05, 3.63) is 18.7 Å². The van der Waals surface area contributed by atoms with E-state index in [1.165, 1.54) is 6.33 Å². The van der Waals surface area contributed by atoms with Crippen molar-refractivity contribution in [2.75, 3.05) is 18.9 Å². The molecule has 5 heteroatoms. The lowest BCUT2D eigenvalue weighted by atomic mass is 10.1. The average Bonchev–Trinajstić information content (AvgIpc) is 2.19. The fraction of sp³-hybridized carbons (Fsp3) is 0.444. The maximum Gasteiger partial charge on any atom is 0.228 e. The minimum absolute atomic E-state index is 0.0332. The predicted octanol–water partition coefficient (Wildman–Crippen LogP) is 0.271. The Kier molecular flexibility index (Phi) is 4.00. The minimum Gasteiger partial charge on any atom is -0.323 e. The third kappa shape index (κ3) is 3.10. The highest BCUT2D eigenvalue weighted by atomic mass is 16.1. The standard InChI is InChI=1S/C9H14N4O/c1-7(3-10-2)9(14)13-8-4-11-6-12-5-8/h4-7,10H,3H2,1-2H3,(H,13,14). The quantitative estimate of drug-likeness (QED) is 0.722. The summed E-state index contributed by atoms with van der Waals surface area (Å²) >= 11 is 0. The zero-order valence-corrected chi connectivity index (χ0v) is 8.32. The Morgan fingerprint density at radius 1 is 1.50 bits per heavy atom. The Morgan fingerprint density at radius 3 is 2.71 bits per heavy atom. The highest BCUT2D eigenvalue weighted by molar-refractivity contribution is 5.92. The summed E-state index contributed by atoms with van der Waals surface area (Å²) in [5.74, 6) is -0.102. The lowest BCUT2D eigenvalue weighted by Crippen LogP contribution is -2.28. The molecule has 1 rings (SSSR count). The summed E-state index contributed by atoms with van der Waals surface area (Å²) in [6.07, 6.45) is 4.56. The van der Waals surface area contributed by atoms with Crippen LogP contribution in [0.4, 0.5) is 5.69 Å². The van der Waals surface area contributed by atoms with Crippen LogP contribution < -0.4 is 10.6 Å². The predicted molar refractivity (Wildman–Crippen MR) is 53.8 cm³/mol. The number of hydrogen-bond donors (Lipinski definition) is 2. The molecular formula is C9H14N4O. The maximum absolute atomic E-state index is 11.5. The first kappa shape index (κ1) is 10.6. The molecule has 1 atom stereocenters. The molecule has 14 heavy (non-hydrogen) atoms. The molecule has 0 aromatic carbocycles. The molecule has 1 aromatic rings. The Balaban J connectivity index is 2.49. The van der Waals surface area contributed by atoms with E-state index in [-0.39, 0.29) is 11.8 Å². The molecule has 0 fully saturated rings. The minimum atomic E-state index is -0.0693. The van der Waals surface area contributed by atoms with Crippen LogP contribution in [0, 0.1) is 5.92 Å². The number of carbonyl (C=O) groups is 1. The third-order valence-corrected chi connectivity index (χ3v) is 1.79. The number of amides is 1. The third-order valence-electron chi connectivity index (χ3n) is 1.79. The molecule has 0 saturated heterocycles. The molecule has 1 unspecified atom stereocenters. The molecule has 76 valence electrons. The van der Waals surface area contributed by atoms with Gasteiger partial charge in [-0.3, -0.25) is 4.79 Å². The average molecular weight is 194 g/mol. The first-order chi connectivity index (χ1) is 6.74. The molecule has 0 aliphatic heterocycles. The van der Waals surface area contributed by atoms with E-state index in [4.69, 9.17) is 0 Å². The van der Waals surface area contributed by atoms with Gasteiger partial charge in [0.25, 0.3) is 0 Å². The SMILES string of the molecule is CNCC(C)C(=O)Nc1cncnc1. The number of anilines is 1. The van der Waals surface area contributed by atoms with Crippen molar-refractivity contribution < 1.29 is 4.79 Å². The van der Waals surface area contributed by atoms with Crippen LogP contribution in [0.1, 0.15) is 6.92 Å². The van der Waals surface area contributed by atoms with Crippen molar-refractivity contribution in [3.63, 3.8) is 0 Å². The fourth-order valence-electron chi connectivity index (χ4n) is 1.03.